The number of hydrogen-bond acceptors (Lipinski definition) is 8. The highest BCUT2D eigenvalue weighted by atomic mass is 19.1. The Labute approximate surface area is 191 Å². The van der Waals surface area contributed by atoms with Crippen LogP contribution in [0.4, 0.5) is 10.1 Å². The Morgan fingerprint density at radius 3 is 2.76 bits per heavy atom. The van der Waals surface area contributed by atoms with Gasteiger partial charge in [-0.25, -0.2) is 14.5 Å². The van der Waals surface area contributed by atoms with Crippen LogP contribution in [0.3, 0.4) is 0 Å². The number of carbonyl (C=O) groups excluding carboxylic acids is 1. The summed E-state index contributed by atoms with van der Waals surface area (Å²) in [4.78, 5) is 26.6. The highest BCUT2D eigenvalue weighted by Crippen LogP contribution is 2.24. The van der Waals surface area contributed by atoms with Gasteiger partial charge in [-0.3, -0.25) is 19.9 Å². The minimum absolute atomic E-state index is 0.0452. The summed E-state index contributed by atoms with van der Waals surface area (Å²) in [6, 6.07) is 13.1. The molecule has 0 atom stereocenters. The normalized spacial score (nSPS) is 10.9. The molecule has 0 aliphatic carbocycles. The van der Waals surface area contributed by atoms with Gasteiger partial charge in [0, 0.05) is 35.7 Å². The number of non-ortho nitro benzene ring substituents is 1. The van der Waals surface area contributed by atoms with E-state index in [9.17, 15) is 19.3 Å². The Kier molecular flexibility index (Phi) is 6.58. The third-order valence-electron chi connectivity index (χ3n) is 4.53. The molecule has 0 aliphatic heterocycles. The van der Waals surface area contributed by atoms with Crippen LogP contribution in [0.2, 0.25) is 0 Å². The molecule has 4 rings (SSSR count). The average molecular weight is 461 g/mol. The molecule has 12 heteroatoms. The molecule has 0 aliphatic rings. The van der Waals surface area contributed by atoms with E-state index in [0.29, 0.717) is 11.3 Å². The lowest BCUT2D eigenvalue weighted by Crippen LogP contribution is -2.17. The Balaban J connectivity index is 1.49. The van der Waals surface area contributed by atoms with Crippen LogP contribution in [0, 0.1) is 15.9 Å². The summed E-state index contributed by atoms with van der Waals surface area (Å²) in [5, 5.41) is 22.9. The first kappa shape index (κ1) is 22.2. The maximum atomic E-state index is 14.0. The predicted octanol–water partition coefficient (Wildman–Crippen LogP) is 3.05. The molecule has 0 unspecified atom stereocenters. The molecule has 0 radical (unpaired) electrons. The van der Waals surface area contributed by atoms with Crippen molar-refractivity contribution in [1.82, 2.24) is 25.4 Å². The first-order valence-corrected chi connectivity index (χ1v) is 9.82. The SMILES string of the molecule is O=C(N/N=C/c1cc([N+](=O)[O-])ccc1OCc1cn(-c2ccccc2F)nn1)c1ccncc1. The van der Waals surface area contributed by atoms with Crippen molar-refractivity contribution < 1.29 is 18.8 Å². The zero-order chi connectivity index (χ0) is 23.9. The fourth-order valence-electron chi connectivity index (χ4n) is 2.88. The number of nitro benzene ring substituents is 1. The third-order valence-corrected chi connectivity index (χ3v) is 4.53. The summed E-state index contributed by atoms with van der Waals surface area (Å²) in [6.07, 6.45) is 5.67. The second-order valence-corrected chi connectivity index (χ2v) is 6.81. The van der Waals surface area contributed by atoms with E-state index < -0.39 is 16.6 Å². The number of benzene rings is 2. The van der Waals surface area contributed by atoms with Crippen molar-refractivity contribution in [1.29, 1.82) is 0 Å². The highest BCUT2D eigenvalue weighted by Gasteiger charge is 2.13. The fraction of sp³-hybridized carbons (Fsp3) is 0.0455. The van der Waals surface area contributed by atoms with Crippen molar-refractivity contribution in [3.05, 3.63) is 106 Å². The van der Waals surface area contributed by atoms with Crippen molar-refractivity contribution in [3.63, 3.8) is 0 Å². The molecular formula is C22H16FN7O4. The lowest BCUT2D eigenvalue weighted by molar-refractivity contribution is -0.384. The van der Waals surface area contributed by atoms with Gasteiger partial charge in [0.15, 0.2) is 0 Å². The summed E-state index contributed by atoms with van der Waals surface area (Å²) >= 11 is 0. The van der Waals surface area contributed by atoms with Gasteiger partial charge in [0.05, 0.1) is 17.3 Å². The molecule has 170 valence electrons. The lowest BCUT2D eigenvalue weighted by Gasteiger charge is -2.07. The fourth-order valence-corrected chi connectivity index (χ4v) is 2.88. The summed E-state index contributed by atoms with van der Waals surface area (Å²) in [6.45, 7) is -0.0452. The zero-order valence-electron chi connectivity index (χ0n) is 17.4. The number of halogens is 1. The number of aromatic nitrogens is 4. The van der Waals surface area contributed by atoms with E-state index in [0.717, 1.165) is 0 Å². The molecule has 4 aromatic rings. The van der Waals surface area contributed by atoms with Gasteiger partial charge < -0.3 is 4.74 Å². The zero-order valence-corrected chi connectivity index (χ0v) is 17.4. The van der Waals surface area contributed by atoms with Crippen molar-refractivity contribution in [3.8, 4) is 11.4 Å². The lowest BCUT2D eigenvalue weighted by atomic mass is 10.2. The van der Waals surface area contributed by atoms with Crippen molar-refractivity contribution in [2.24, 2.45) is 5.10 Å². The van der Waals surface area contributed by atoms with Crippen LogP contribution in [0.15, 0.2) is 78.3 Å². The van der Waals surface area contributed by atoms with Gasteiger partial charge in [-0.1, -0.05) is 17.3 Å². The van der Waals surface area contributed by atoms with Gasteiger partial charge in [-0.05, 0) is 30.3 Å². The van der Waals surface area contributed by atoms with Crippen LogP contribution < -0.4 is 10.2 Å². The molecule has 34 heavy (non-hydrogen) atoms. The van der Waals surface area contributed by atoms with Crippen LogP contribution in [-0.4, -0.2) is 37.0 Å². The molecule has 2 heterocycles. The van der Waals surface area contributed by atoms with E-state index in [1.54, 1.807) is 18.2 Å². The summed E-state index contributed by atoms with van der Waals surface area (Å²) in [5.74, 6) is -0.674. The predicted molar refractivity (Wildman–Crippen MR) is 118 cm³/mol. The third kappa shape index (κ3) is 5.24. The number of hydrazone groups is 1. The summed E-state index contributed by atoms with van der Waals surface area (Å²) < 4.78 is 21.0. The van der Waals surface area contributed by atoms with Crippen LogP contribution in [0.5, 0.6) is 5.75 Å². The summed E-state index contributed by atoms with van der Waals surface area (Å²) in [5.41, 5.74) is 3.39. The molecule has 11 nitrogen and oxygen atoms in total. The minimum Gasteiger partial charge on any atom is -0.486 e. The van der Waals surface area contributed by atoms with Crippen LogP contribution >= 0.6 is 0 Å². The highest BCUT2D eigenvalue weighted by molar-refractivity contribution is 5.95. The topological polar surface area (TPSA) is 137 Å². The number of rotatable bonds is 8. The van der Waals surface area contributed by atoms with E-state index >= 15 is 0 Å². The molecular weight excluding hydrogens is 445 g/mol. The minimum atomic E-state index is -0.559. The number of nitrogens with one attached hydrogen (secondary N) is 1. The molecule has 0 bridgehead atoms. The number of pyridine rings is 1. The van der Waals surface area contributed by atoms with Gasteiger partial charge in [-0.15, -0.1) is 5.10 Å². The largest absolute Gasteiger partial charge is 0.486 e. The van der Waals surface area contributed by atoms with Crippen molar-refractivity contribution in [2.45, 2.75) is 6.61 Å². The van der Waals surface area contributed by atoms with Gasteiger partial charge in [0.2, 0.25) is 0 Å². The Hall–Kier alpha value is -5.00. The van der Waals surface area contributed by atoms with Gasteiger partial charge in [-0.2, -0.15) is 5.10 Å². The van der Waals surface area contributed by atoms with E-state index in [4.69, 9.17) is 4.74 Å². The second kappa shape index (κ2) is 10.1. The standard InChI is InChI=1S/C22H16FN7O4/c23-19-3-1-2-4-20(19)29-13-17(26-28-29)14-34-21-6-5-18(30(32)33)11-16(21)12-25-27-22(31)15-7-9-24-10-8-15/h1-13H,14H2,(H,27,31)/b25-12+. The van der Waals surface area contributed by atoms with Crippen molar-refractivity contribution >= 4 is 17.8 Å². The Morgan fingerprint density at radius 1 is 1.21 bits per heavy atom. The first-order valence-electron chi connectivity index (χ1n) is 9.82. The smallest absolute Gasteiger partial charge is 0.271 e. The monoisotopic (exact) mass is 461 g/mol. The maximum Gasteiger partial charge on any atom is 0.271 e. The number of nitro groups is 1. The number of nitrogens with zero attached hydrogens (tertiary/aromatic N) is 6. The Morgan fingerprint density at radius 2 is 2.00 bits per heavy atom. The Bertz CT molecular complexity index is 1360. The molecule has 0 saturated heterocycles. The number of amides is 1. The van der Waals surface area contributed by atoms with Crippen LogP contribution in [0.1, 0.15) is 21.6 Å². The number of carbonyl (C=O) groups is 1. The molecule has 1 amide bonds. The van der Waals surface area contributed by atoms with Gasteiger partial charge >= 0.3 is 0 Å². The summed E-state index contributed by atoms with van der Waals surface area (Å²) in [7, 11) is 0. The molecule has 0 fully saturated rings. The molecule has 2 aromatic carbocycles. The average Bonchev–Trinajstić information content (AvgIpc) is 3.32. The number of ether oxygens (including phenoxy) is 1. The number of para-hydroxylation sites is 1. The molecule has 1 N–H and O–H groups in total. The van der Waals surface area contributed by atoms with E-state index in [1.807, 2.05) is 0 Å². The van der Waals surface area contributed by atoms with E-state index in [1.165, 1.54) is 65.9 Å². The van der Waals surface area contributed by atoms with Gasteiger partial charge in [0.1, 0.15) is 29.6 Å². The molecule has 2 aromatic heterocycles. The van der Waals surface area contributed by atoms with Crippen LogP contribution in [-0.2, 0) is 6.61 Å². The molecule has 0 saturated carbocycles. The second-order valence-electron chi connectivity index (χ2n) is 6.81. The quantitative estimate of drug-likeness (QED) is 0.242. The van der Waals surface area contributed by atoms with Crippen LogP contribution in [0.25, 0.3) is 5.69 Å². The maximum absolute atomic E-state index is 14.0. The van der Waals surface area contributed by atoms with E-state index in [-0.39, 0.29) is 29.3 Å². The van der Waals surface area contributed by atoms with Crippen molar-refractivity contribution in [2.75, 3.05) is 0 Å². The van der Waals surface area contributed by atoms with Gasteiger partial charge in [0.25, 0.3) is 11.6 Å². The first-order chi connectivity index (χ1) is 16.5. The molecule has 0 spiro atoms. The van der Waals surface area contributed by atoms with E-state index in [2.05, 4.69) is 25.8 Å². The number of hydrogen-bond donors (Lipinski definition) is 1.